The smallest absolute Gasteiger partial charge is 0.237 e. The van der Waals surface area contributed by atoms with Gasteiger partial charge in [-0.3, -0.25) is 4.79 Å². The van der Waals surface area contributed by atoms with Crippen LogP contribution < -0.4 is 10.6 Å². The number of rotatable bonds is 7. The van der Waals surface area contributed by atoms with Gasteiger partial charge in [0.2, 0.25) is 5.91 Å². The van der Waals surface area contributed by atoms with Crippen molar-refractivity contribution in [3.63, 3.8) is 0 Å². The monoisotopic (exact) mass is 242 g/mol. The fourth-order valence-electron chi connectivity index (χ4n) is 1.88. The fraction of sp³-hybridized carbons (Fsp3) is 0.923. The third-order valence-corrected chi connectivity index (χ3v) is 3.42. The molecule has 100 valence electrons. The molecule has 0 spiro atoms. The second kappa shape index (κ2) is 7.67. The second-order valence-electron chi connectivity index (χ2n) is 5.01. The van der Waals surface area contributed by atoms with Crippen LogP contribution in [0.15, 0.2) is 0 Å². The molecule has 17 heavy (non-hydrogen) atoms. The molecule has 1 fully saturated rings. The quantitative estimate of drug-likeness (QED) is 0.707. The minimum absolute atomic E-state index is 0.0991. The third kappa shape index (κ3) is 5.50. The van der Waals surface area contributed by atoms with Crippen molar-refractivity contribution in [3.05, 3.63) is 0 Å². The largest absolute Gasteiger partial charge is 0.381 e. The summed E-state index contributed by atoms with van der Waals surface area (Å²) in [7, 11) is 0. The highest BCUT2D eigenvalue weighted by Crippen LogP contribution is 2.15. The molecule has 1 amide bonds. The molecular weight excluding hydrogens is 216 g/mol. The predicted octanol–water partition coefficient (Wildman–Crippen LogP) is 1.31. The van der Waals surface area contributed by atoms with Gasteiger partial charge in [0.1, 0.15) is 0 Å². The van der Waals surface area contributed by atoms with Crippen molar-refractivity contribution in [1.82, 2.24) is 10.6 Å². The Labute approximate surface area is 104 Å². The Morgan fingerprint density at radius 1 is 1.47 bits per heavy atom. The zero-order valence-corrected chi connectivity index (χ0v) is 11.3. The number of nitrogens with one attached hydrogen (secondary N) is 2. The van der Waals surface area contributed by atoms with E-state index in [1.807, 2.05) is 13.8 Å². The molecule has 2 N–H and O–H groups in total. The van der Waals surface area contributed by atoms with Gasteiger partial charge in [0.25, 0.3) is 0 Å². The maximum Gasteiger partial charge on any atom is 0.237 e. The molecule has 4 heteroatoms. The van der Waals surface area contributed by atoms with E-state index < -0.39 is 0 Å². The first-order chi connectivity index (χ1) is 8.13. The highest BCUT2D eigenvalue weighted by molar-refractivity contribution is 5.81. The second-order valence-corrected chi connectivity index (χ2v) is 5.01. The maximum atomic E-state index is 11.7. The number of hydrogen-bond donors (Lipinski definition) is 2. The van der Waals surface area contributed by atoms with E-state index in [0.29, 0.717) is 5.92 Å². The summed E-state index contributed by atoms with van der Waals surface area (Å²) in [6.45, 7) is 8.69. The molecule has 1 heterocycles. The molecule has 3 atom stereocenters. The van der Waals surface area contributed by atoms with Gasteiger partial charge in [-0.15, -0.1) is 0 Å². The Balaban J connectivity index is 2.10. The van der Waals surface area contributed by atoms with E-state index >= 15 is 0 Å². The molecule has 4 nitrogen and oxygen atoms in total. The van der Waals surface area contributed by atoms with Gasteiger partial charge in [0.15, 0.2) is 0 Å². The summed E-state index contributed by atoms with van der Waals surface area (Å²) in [6.07, 6.45) is 3.23. The minimum atomic E-state index is -0.105. The van der Waals surface area contributed by atoms with E-state index in [4.69, 9.17) is 4.74 Å². The number of ether oxygens (including phenoxy) is 1. The van der Waals surface area contributed by atoms with Gasteiger partial charge in [-0.05, 0) is 45.6 Å². The lowest BCUT2D eigenvalue weighted by molar-refractivity contribution is -0.123. The van der Waals surface area contributed by atoms with Gasteiger partial charge in [-0.1, -0.05) is 6.92 Å². The summed E-state index contributed by atoms with van der Waals surface area (Å²) in [5.41, 5.74) is 0. The Kier molecular flexibility index (Phi) is 6.52. The van der Waals surface area contributed by atoms with Crippen LogP contribution in [-0.4, -0.2) is 37.7 Å². The van der Waals surface area contributed by atoms with Gasteiger partial charge in [0.05, 0.1) is 6.04 Å². The highest BCUT2D eigenvalue weighted by Gasteiger charge is 2.17. The van der Waals surface area contributed by atoms with E-state index in [9.17, 15) is 4.79 Å². The predicted molar refractivity (Wildman–Crippen MR) is 68.9 cm³/mol. The van der Waals surface area contributed by atoms with Gasteiger partial charge in [-0.25, -0.2) is 0 Å². The summed E-state index contributed by atoms with van der Waals surface area (Å²) in [5, 5.41) is 6.25. The molecule has 0 aliphatic carbocycles. The van der Waals surface area contributed by atoms with E-state index in [1.54, 1.807) is 0 Å². The van der Waals surface area contributed by atoms with E-state index in [2.05, 4.69) is 17.6 Å². The topological polar surface area (TPSA) is 50.4 Å². The Morgan fingerprint density at radius 2 is 2.24 bits per heavy atom. The van der Waals surface area contributed by atoms with Gasteiger partial charge < -0.3 is 15.4 Å². The lowest BCUT2D eigenvalue weighted by Gasteiger charge is -2.18. The SMILES string of the molecule is CCC(C)NC(=O)C(C)NCCC1CCOC1. The zero-order valence-electron chi connectivity index (χ0n) is 11.3. The van der Waals surface area contributed by atoms with Crippen molar-refractivity contribution < 1.29 is 9.53 Å². The Morgan fingerprint density at radius 3 is 2.82 bits per heavy atom. The number of carbonyl (C=O) groups is 1. The summed E-state index contributed by atoms with van der Waals surface area (Å²) >= 11 is 0. The average Bonchev–Trinajstić information content (AvgIpc) is 2.81. The first-order valence-electron chi connectivity index (χ1n) is 6.75. The fourth-order valence-corrected chi connectivity index (χ4v) is 1.88. The molecule has 1 saturated heterocycles. The molecule has 3 unspecified atom stereocenters. The molecule has 1 aliphatic rings. The van der Waals surface area contributed by atoms with E-state index in [-0.39, 0.29) is 18.0 Å². The number of amides is 1. The van der Waals surface area contributed by atoms with Crippen molar-refractivity contribution in [1.29, 1.82) is 0 Å². The van der Waals surface area contributed by atoms with Crippen LogP contribution >= 0.6 is 0 Å². The van der Waals surface area contributed by atoms with Crippen LogP contribution in [0.5, 0.6) is 0 Å². The molecule has 0 radical (unpaired) electrons. The summed E-state index contributed by atoms with van der Waals surface area (Å²) in [4.78, 5) is 11.7. The van der Waals surface area contributed by atoms with E-state index in [0.717, 1.165) is 39.0 Å². The van der Waals surface area contributed by atoms with Crippen molar-refractivity contribution in [2.75, 3.05) is 19.8 Å². The molecular formula is C13H26N2O2. The Hall–Kier alpha value is -0.610. The normalized spacial score (nSPS) is 23.4. The van der Waals surface area contributed by atoms with Crippen LogP contribution in [0.2, 0.25) is 0 Å². The Bertz CT molecular complexity index is 227. The third-order valence-electron chi connectivity index (χ3n) is 3.42. The van der Waals surface area contributed by atoms with Crippen LogP contribution in [0, 0.1) is 5.92 Å². The summed E-state index contributed by atoms with van der Waals surface area (Å²) in [6, 6.07) is 0.154. The number of carbonyl (C=O) groups excluding carboxylic acids is 1. The maximum absolute atomic E-state index is 11.7. The minimum Gasteiger partial charge on any atom is -0.381 e. The average molecular weight is 242 g/mol. The van der Waals surface area contributed by atoms with Gasteiger partial charge in [-0.2, -0.15) is 0 Å². The van der Waals surface area contributed by atoms with Crippen molar-refractivity contribution >= 4 is 5.91 Å². The van der Waals surface area contributed by atoms with Gasteiger partial charge >= 0.3 is 0 Å². The molecule has 0 bridgehead atoms. The van der Waals surface area contributed by atoms with Crippen molar-refractivity contribution in [3.8, 4) is 0 Å². The van der Waals surface area contributed by atoms with Crippen LogP contribution in [0.25, 0.3) is 0 Å². The molecule has 0 aromatic rings. The lowest BCUT2D eigenvalue weighted by atomic mass is 10.1. The summed E-state index contributed by atoms with van der Waals surface area (Å²) < 4.78 is 5.32. The first kappa shape index (κ1) is 14.5. The molecule has 0 aromatic carbocycles. The van der Waals surface area contributed by atoms with Crippen LogP contribution in [0.4, 0.5) is 0 Å². The van der Waals surface area contributed by atoms with Crippen LogP contribution in [-0.2, 0) is 9.53 Å². The van der Waals surface area contributed by atoms with Crippen molar-refractivity contribution in [2.24, 2.45) is 5.92 Å². The van der Waals surface area contributed by atoms with E-state index in [1.165, 1.54) is 0 Å². The zero-order chi connectivity index (χ0) is 12.7. The molecule has 1 rings (SSSR count). The molecule has 1 aliphatic heterocycles. The molecule has 0 aromatic heterocycles. The summed E-state index contributed by atoms with van der Waals surface area (Å²) in [5.74, 6) is 0.773. The molecule has 0 saturated carbocycles. The van der Waals surface area contributed by atoms with Crippen LogP contribution in [0.1, 0.15) is 40.0 Å². The first-order valence-corrected chi connectivity index (χ1v) is 6.75. The van der Waals surface area contributed by atoms with Gasteiger partial charge in [0, 0.05) is 19.3 Å². The standard InChI is InChI=1S/C13H26N2O2/c1-4-10(2)15-13(16)11(3)14-7-5-12-6-8-17-9-12/h10-12,14H,4-9H2,1-3H3,(H,15,16). The number of hydrogen-bond acceptors (Lipinski definition) is 3. The highest BCUT2D eigenvalue weighted by atomic mass is 16.5. The van der Waals surface area contributed by atoms with Crippen LogP contribution in [0.3, 0.4) is 0 Å². The lowest BCUT2D eigenvalue weighted by Crippen LogP contribution is -2.45. The van der Waals surface area contributed by atoms with Crippen molar-refractivity contribution in [2.45, 2.75) is 52.1 Å².